The van der Waals surface area contributed by atoms with E-state index in [1.807, 2.05) is 0 Å². The number of benzene rings is 2. The molecule has 0 bridgehead atoms. The van der Waals surface area contributed by atoms with Crippen molar-refractivity contribution < 1.29 is 30.0 Å². The van der Waals surface area contributed by atoms with Crippen molar-refractivity contribution in [1.82, 2.24) is 13.9 Å². The lowest BCUT2D eigenvalue weighted by Crippen LogP contribution is -2.52. The number of sulfonamides is 2. The van der Waals surface area contributed by atoms with E-state index in [0.29, 0.717) is 31.5 Å². The third kappa shape index (κ3) is 5.53. The van der Waals surface area contributed by atoms with E-state index in [4.69, 9.17) is 0 Å². The van der Waals surface area contributed by atoms with Crippen LogP contribution in [0.3, 0.4) is 0 Å². The number of fused-ring (bicyclic) bond motifs is 1. The van der Waals surface area contributed by atoms with Crippen molar-refractivity contribution in [2.75, 3.05) is 44.9 Å². The molecule has 4 rings (SSSR count). The van der Waals surface area contributed by atoms with Crippen LogP contribution >= 0.6 is 0 Å². The Bertz CT molecular complexity index is 1540. The molecule has 1 fully saturated rings. The Morgan fingerprint density at radius 3 is 2.32 bits per heavy atom. The highest BCUT2D eigenvalue weighted by atomic mass is 32.2. The summed E-state index contributed by atoms with van der Waals surface area (Å²) < 4.78 is 77.5. The fourth-order valence-corrected chi connectivity index (χ4v) is 7.77. The maximum atomic E-state index is 13.2. The molecular formula is C23H30N4O7S3. The summed E-state index contributed by atoms with van der Waals surface area (Å²) in [5, 5.41) is 2.91. The zero-order valence-electron chi connectivity index (χ0n) is 20.8. The van der Waals surface area contributed by atoms with E-state index in [-0.39, 0.29) is 33.8 Å². The molecule has 1 unspecified atom stereocenters. The number of nitrogens with zero attached hydrogens (tertiary/aromatic N) is 3. The standard InChI is InChI=1S/C23H30N4O7S3/c1-25(2)36(31,32)21-9-10-22-17(14-21)11-13-27(22)23(28)24-18-6-5-12-26(16-18)37(33,34)20-8-4-7-19(15-20)35(3,29)30/h4,7-10,14-15,18H,5-6,11-13,16H2,1-3H3,(H,24,28). The van der Waals surface area contributed by atoms with Crippen molar-refractivity contribution in [2.45, 2.75) is 40.0 Å². The van der Waals surface area contributed by atoms with E-state index < -0.39 is 35.9 Å². The number of hydrogen-bond donors (Lipinski definition) is 1. The van der Waals surface area contributed by atoms with Gasteiger partial charge in [0.1, 0.15) is 0 Å². The van der Waals surface area contributed by atoms with Crippen LogP contribution in [0.25, 0.3) is 0 Å². The average Bonchev–Trinajstić information content (AvgIpc) is 3.27. The van der Waals surface area contributed by atoms with Crippen molar-refractivity contribution in [2.24, 2.45) is 0 Å². The summed E-state index contributed by atoms with van der Waals surface area (Å²) >= 11 is 0. The zero-order valence-corrected chi connectivity index (χ0v) is 23.2. The monoisotopic (exact) mass is 570 g/mol. The van der Waals surface area contributed by atoms with Gasteiger partial charge < -0.3 is 5.32 Å². The summed E-state index contributed by atoms with van der Waals surface area (Å²) in [5.74, 6) is 0. The second-order valence-electron chi connectivity index (χ2n) is 9.38. The van der Waals surface area contributed by atoms with Crippen LogP contribution in [0.4, 0.5) is 10.5 Å². The molecule has 202 valence electrons. The Kier molecular flexibility index (Phi) is 7.42. The predicted octanol–water partition coefficient (Wildman–Crippen LogP) is 1.27. The number of carbonyl (C=O) groups is 1. The predicted molar refractivity (Wildman–Crippen MR) is 138 cm³/mol. The third-order valence-corrected chi connectivity index (χ3v) is 11.3. The fraction of sp³-hybridized carbons (Fsp3) is 0.435. The second-order valence-corrected chi connectivity index (χ2v) is 15.5. The van der Waals surface area contributed by atoms with Crippen molar-refractivity contribution in [3.8, 4) is 0 Å². The lowest BCUT2D eigenvalue weighted by Gasteiger charge is -2.33. The summed E-state index contributed by atoms with van der Waals surface area (Å²) in [7, 11) is -8.22. The molecule has 2 heterocycles. The number of urea groups is 1. The van der Waals surface area contributed by atoms with Crippen molar-refractivity contribution in [3.63, 3.8) is 0 Å². The minimum absolute atomic E-state index is 0.0535. The maximum absolute atomic E-state index is 13.2. The molecule has 0 aromatic heterocycles. The highest BCUT2D eigenvalue weighted by Gasteiger charge is 2.33. The lowest BCUT2D eigenvalue weighted by molar-refractivity contribution is 0.231. The minimum atomic E-state index is -3.96. The average molecular weight is 571 g/mol. The normalized spacial score (nSPS) is 19.1. The second kappa shape index (κ2) is 9.98. The van der Waals surface area contributed by atoms with Gasteiger partial charge in [-0.3, -0.25) is 4.90 Å². The maximum Gasteiger partial charge on any atom is 0.322 e. The number of anilines is 1. The van der Waals surface area contributed by atoms with E-state index in [2.05, 4.69) is 5.32 Å². The SMILES string of the molecule is CN(C)S(=O)(=O)c1ccc2c(c1)CCN2C(=O)NC1CCCN(S(=O)(=O)c2cccc(S(C)(=O)=O)c2)C1. The number of carbonyl (C=O) groups excluding carboxylic acids is 1. The highest BCUT2D eigenvalue weighted by Crippen LogP contribution is 2.31. The van der Waals surface area contributed by atoms with Crippen LogP contribution in [0.1, 0.15) is 18.4 Å². The first-order valence-electron chi connectivity index (χ1n) is 11.6. The number of rotatable bonds is 6. The van der Waals surface area contributed by atoms with Crippen LogP contribution in [-0.2, 0) is 36.3 Å². The first kappa shape index (κ1) is 27.5. The molecule has 2 aliphatic heterocycles. The molecule has 0 saturated carbocycles. The molecule has 2 amide bonds. The Labute approximate surface area is 218 Å². The third-order valence-electron chi connectivity index (χ3n) is 6.55. The van der Waals surface area contributed by atoms with Crippen LogP contribution in [0.2, 0.25) is 0 Å². The highest BCUT2D eigenvalue weighted by molar-refractivity contribution is 7.91. The van der Waals surface area contributed by atoms with Gasteiger partial charge in [-0.15, -0.1) is 0 Å². The topological polar surface area (TPSA) is 141 Å². The van der Waals surface area contributed by atoms with Gasteiger partial charge >= 0.3 is 6.03 Å². The molecular weight excluding hydrogens is 540 g/mol. The Hall–Kier alpha value is -2.52. The molecule has 11 nitrogen and oxygen atoms in total. The van der Waals surface area contributed by atoms with Gasteiger partial charge in [0.05, 0.1) is 14.7 Å². The number of amides is 2. The molecule has 1 N–H and O–H groups in total. The lowest BCUT2D eigenvalue weighted by atomic mass is 10.1. The van der Waals surface area contributed by atoms with E-state index >= 15 is 0 Å². The largest absolute Gasteiger partial charge is 0.334 e. The van der Waals surface area contributed by atoms with Gasteiger partial charge in [0.2, 0.25) is 20.0 Å². The fourth-order valence-electron chi connectivity index (χ4n) is 4.51. The molecule has 0 radical (unpaired) electrons. The summed E-state index contributed by atoms with van der Waals surface area (Å²) in [6.07, 6.45) is 2.63. The van der Waals surface area contributed by atoms with E-state index in [9.17, 15) is 30.0 Å². The molecule has 0 spiro atoms. The van der Waals surface area contributed by atoms with E-state index in [1.54, 1.807) is 12.1 Å². The van der Waals surface area contributed by atoms with Crippen molar-refractivity contribution >= 4 is 41.6 Å². The minimum Gasteiger partial charge on any atom is -0.334 e. The van der Waals surface area contributed by atoms with Gasteiger partial charge in [-0.25, -0.2) is 34.4 Å². The Morgan fingerprint density at radius 2 is 1.65 bits per heavy atom. The Balaban J connectivity index is 1.47. The Morgan fingerprint density at radius 1 is 0.946 bits per heavy atom. The molecule has 2 aliphatic rings. The number of nitrogens with one attached hydrogen (secondary N) is 1. The zero-order chi connectivity index (χ0) is 27.2. The molecule has 2 aromatic rings. The molecule has 1 atom stereocenters. The van der Waals surface area contributed by atoms with Gasteiger partial charge in [-0.2, -0.15) is 4.31 Å². The smallest absolute Gasteiger partial charge is 0.322 e. The van der Waals surface area contributed by atoms with Crippen LogP contribution in [0, 0.1) is 0 Å². The molecule has 0 aliphatic carbocycles. The number of sulfone groups is 1. The van der Waals surface area contributed by atoms with Crippen LogP contribution < -0.4 is 10.2 Å². The summed E-state index contributed by atoms with van der Waals surface area (Å²) in [6, 6.07) is 9.10. The van der Waals surface area contributed by atoms with Gasteiger partial charge in [-0.05, 0) is 61.2 Å². The molecule has 14 heteroatoms. The summed E-state index contributed by atoms with van der Waals surface area (Å²) in [4.78, 5) is 14.6. The van der Waals surface area contributed by atoms with Crippen LogP contribution in [0.5, 0.6) is 0 Å². The quantitative estimate of drug-likeness (QED) is 0.551. The van der Waals surface area contributed by atoms with E-state index in [1.165, 1.54) is 47.6 Å². The molecule has 1 saturated heterocycles. The molecule has 37 heavy (non-hydrogen) atoms. The number of piperidine rings is 1. The van der Waals surface area contributed by atoms with Crippen LogP contribution in [0.15, 0.2) is 57.2 Å². The van der Waals surface area contributed by atoms with Crippen molar-refractivity contribution in [1.29, 1.82) is 0 Å². The van der Waals surface area contributed by atoms with Crippen LogP contribution in [-0.4, -0.2) is 85.9 Å². The van der Waals surface area contributed by atoms with E-state index in [0.717, 1.165) is 22.2 Å². The van der Waals surface area contributed by atoms with Crippen molar-refractivity contribution in [3.05, 3.63) is 48.0 Å². The van der Waals surface area contributed by atoms with Gasteiger partial charge in [-0.1, -0.05) is 6.07 Å². The number of hydrogen-bond acceptors (Lipinski definition) is 7. The van der Waals surface area contributed by atoms with Gasteiger partial charge in [0.25, 0.3) is 0 Å². The van der Waals surface area contributed by atoms with Gasteiger partial charge in [0, 0.05) is 51.7 Å². The first-order valence-corrected chi connectivity index (χ1v) is 16.4. The summed E-state index contributed by atoms with van der Waals surface area (Å²) in [5.41, 5.74) is 1.37. The van der Waals surface area contributed by atoms with Gasteiger partial charge in [0.15, 0.2) is 9.84 Å². The summed E-state index contributed by atoms with van der Waals surface area (Å²) in [6.45, 7) is 0.686. The molecule has 2 aromatic carbocycles. The first-order chi connectivity index (χ1) is 17.2.